The number of carbonyl (C=O) groups is 1. The van der Waals surface area contributed by atoms with Gasteiger partial charge in [-0.15, -0.1) is 0 Å². The van der Waals surface area contributed by atoms with Gasteiger partial charge in [0, 0.05) is 13.0 Å². The molecule has 0 aromatic carbocycles. The van der Waals surface area contributed by atoms with Crippen LogP contribution in [0.4, 0.5) is 0 Å². The van der Waals surface area contributed by atoms with Gasteiger partial charge in [-0.3, -0.25) is 4.79 Å². The van der Waals surface area contributed by atoms with E-state index in [2.05, 4.69) is 20.8 Å². The number of hydrogen-bond donors (Lipinski definition) is 0. The summed E-state index contributed by atoms with van der Waals surface area (Å²) in [6.45, 7) is 7.69. The van der Waals surface area contributed by atoms with Crippen molar-refractivity contribution < 1.29 is 14.3 Å². The molecule has 0 fully saturated rings. The molecule has 0 aromatic heterocycles. The van der Waals surface area contributed by atoms with E-state index in [4.69, 9.17) is 9.47 Å². The predicted octanol–water partition coefficient (Wildman–Crippen LogP) is 4.88. The largest absolute Gasteiger partial charge is 0.463 e. The van der Waals surface area contributed by atoms with Crippen molar-refractivity contribution in [3.63, 3.8) is 0 Å². The maximum absolute atomic E-state index is 11.6. The molecule has 3 nitrogen and oxygen atoms in total. The second-order valence-electron chi connectivity index (χ2n) is 5.48. The lowest BCUT2D eigenvalue weighted by molar-refractivity contribution is -0.148. The maximum atomic E-state index is 11.6. The van der Waals surface area contributed by atoms with Crippen LogP contribution in [0, 0.1) is 0 Å². The molecule has 0 amide bonds. The van der Waals surface area contributed by atoms with Crippen LogP contribution in [0.3, 0.4) is 0 Å². The number of ether oxygens (including phenoxy) is 2. The van der Waals surface area contributed by atoms with Gasteiger partial charge in [-0.2, -0.15) is 0 Å². The summed E-state index contributed by atoms with van der Waals surface area (Å²) in [5.41, 5.74) is 0. The zero-order chi connectivity index (χ0) is 15.1. The smallest absolute Gasteiger partial charge is 0.305 e. The number of carbonyl (C=O) groups excluding carboxylic acids is 1. The van der Waals surface area contributed by atoms with E-state index in [1.54, 1.807) is 0 Å². The van der Waals surface area contributed by atoms with E-state index in [1.807, 2.05) is 0 Å². The molecular weight excluding hydrogens is 252 g/mol. The Morgan fingerprint density at radius 2 is 1.60 bits per heavy atom. The standard InChI is InChI=1S/C17H34O3/c1-4-7-9-11-14-19-16(12-6-3)15-20-17(18)13-10-8-5-2/h16H,4-15H2,1-3H3. The van der Waals surface area contributed by atoms with Crippen LogP contribution in [0.15, 0.2) is 0 Å². The average molecular weight is 286 g/mol. The van der Waals surface area contributed by atoms with Gasteiger partial charge in [0.2, 0.25) is 0 Å². The first-order valence-corrected chi connectivity index (χ1v) is 8.51. The molecule has 1 atom stereocenters. The number of esters is 1. The van der Waals surface area contributed by atoms with Crippen LogP contribution in [0.2, 0.25) is 0 Å². The summed E-state index contributed by atoms with van der Waals surface area (Å²) < 4.78 is 11.1. The van der Waals surface area contributed by atoms with Crippen LogP contribution >= 0.6 is 0 Å². The first-order chi connectivity index (χ1) is 9.74. The molecule has 0 saturated heterocycles. The zero-order valence-electron chi connectivity index (χ0n) is 13.8. The second-order valence-corrected chi connectivity index (χ2v) is 5.48. The maximum Gasteiger partial charge on any atom is 0.305 e. The fourth-order valence-electron chi connectivity index (χ4n) is 2.09. The Kier molecular flexibility index (Phi) is 14.4. The molecule has 0 spiro atoms. The molecule has 3 heteroatoms. The summed E-state index contributed by atoms with van der Waals surface area (Å²) in [4.78, 5) is 11.6. The third kappa shape index (κ3) is 12.5. The van der Waals surface area contributed by atoms with Gasteiger partial charge in [0.05, 0.1) is 6.10 Å². The Hall–Kier alpha value is -0.570. The van der Waals surface area contributed by atoms with Crippen LogP contribution in [0.5, 0.6) is 0 Å². The van der Waals surface area contributed by atoms with Crippen LogP contribution in [0.25, 0.3) is 0 Å². The Morgan fingerprint density at radius 1 is 0.900 bits per heavy atom. The van der Waals surface area contributed by atoms with Gasteiger partial charge in [0.15, 0.2) is 0 Å². The van der Waals surface area contributed by atoms with Crippen LogP contribution < -0.4 is 0 Å². The molecule has 1 unspecified atom stereocenters. The quantitative estimate of drug-likeness (QED) is 0.337. The molecule has 0 aliphatic rings. The minimum atomic E-state index is -0.0749. The van der Waals surface area contributed by atoms with E-state index in [9.17, 15) is 4.79 Å². The molecule has 0 rings (SSSR count). The van der Waals surface area contributed by atoms with Crippen molar-refractivity contribution in [2.24, 2.45) is 0 Å². The third-order valence-corrected chi connectivity index (χ3v) is 3.38. The van der Waals surface area contributed by atoms with Gasteiger partial charge in [-0.05, 0) is 19.3 Å². The lowest BCUT2D eigenvalue weighted by Crippen LogP contribution is -2.22. The Labute approximate surface area is 125 Å². The van der Waals surface area contributed by atoms with Gasteiger partial charge in [0.25, 0.3) is 0 Å². The molecule has 0 heterocycles. The van der Waals surface area contributed by atoms with E-state index in [1.165, 1.54) is 19.3 Å². The molecule has 0 N–H and O–H groups in total. The lowest BCUT2D eigenvalue weighted by atomic mass is 10.2. The summed E-state index contributed by atoms with van der Waals surface area (Å²) in [5.74, 6) is -0.0749. The summed E-state index contributed by atoms with van der Waals surface area (Å²) in [6.07, 6.45) is 10.7. The summed E-state index contributed by atoms with van der Waals surface area (Å²) in [6, 6.07) is 0. The molecule has 0 radical (unpaired) electrons. The fraction of sp³-hybridized carbons (Fsp3) is 0.941. The van der Waals surface area contributed by atoms with Crippen LogP contribution in [-0.2, 0) is 14.3 Å². The highest BCUT2D eigenvalue weighted by molar-refractivity contribution is 5.69. The van der Waals surface area contributed by atoms with Gasteiger partial charge >= 0.3 is 5.97 Å². The minimum Gasteiger partial charge on any atom is -0.463 e. The van der Waals surface area contributed by atoms with Gasteiger partial charge in [0.1, 0.15) is 6.61 Å². The molecular formula is C17H34O3. The number of hydrogen-bond acceptors (Lipinski definition) is 3. The summed E-state index contributed by atoms with van der Waals surface area (Å²) >= 11 is 0. The molecule has 0 aliphatic carbocycles. The van der Waals surface area contributed by atoms with Crippen LogP contribution in [0.1, 0.15) is 85.0 Å². The molecule has 0 saturated carbocycles. The molecule has 0 aliphatic heterocycles. The third-order valence-electron chi connectivity index (χ3n) is 3.38. The van der Waals surface area contributed by atoms with Crippen molar-refractivity contribution in [3.8, 4) is 0 Å². The van der Waals surface area contributed by atoms with Crippen molar-refractivity contribution in [1.29, 1.82) is 0 Å². The van der Waals surface area contributed by atoms with Gasteiger partial charge in [-0.25, -0.2) is 0 Å². The van der Waals surface area contributed by atoms with E-state index in [-0.39, 0.29) is 12.1 Å². The second kappa shape index (κ2) is 14.8. The molecule has 120 valence electrons. The molecule has 0 bridgehead atoms. The normalized spacial score (nSPS) is 12.3. The molecule has 20 heavy (non-hydrogen) atoms. The average Bonchev–Trinajstić information content (AvgIpc) is 2.44. The van der Waals surface area contributed by atoms with Gasteiger partial charge < -0.3 is 9.47 Å². The van der Waals surface area contributed by atoms with Crippen molar-refractivity contribution in [3.05, 3.63) is 0 Å². The first-order valence-electron chi connectivity index (χ1n) is 8.51. The van der Waals surface area contributed by atoms with E-state index in [0.29, 0.717) is 13.0 Å². The number of rotatable bonds is 14. The zero-order valence-corrected chi connectivity index (χ0v) is 13.8. The Balaban J connectivity index is 3.69. The van der Waals surface area contributed by atoms with Crippen molar-refractivity contribution in [2.45, 2.75) is 91.1 Å². The first kappa shape index (κ1) is 19.4. The Morgan fingerprint density at radius 3 is 2.25 bits per heavy atom. The summed E-state index contributed by atoms with van der Waals surface area (Å²) in [5, 5.41) is 0. The van der Waals surface area contributed by atoms with E-state index < -0.39 is 0 Å². The van der Waals surface area contributed by atoms with E-state index >= 15 is 0 Å². The Bertz CT molecular complexity index is 216. The van der Waals surface area contributed by atoms with Crippen molar-refractivity contribution in [2.75, 3.05) is 13.2 Å². The SMILES string of the molecule is CCCCCCOC(CCC)COC(=O)CCCCC. The van der Waals surface area contributed by atoms with Gasteiger partial charge in [-0.1, -0.05) is 59.3 Å². The van der Waals surface area contributed by atoms with Crippen LogP contribution in [-0.4, -0.2) is 25.3 Å². The highest BCUT2D eigenvalue weighted by Crippen LogP contribution is 2.08. The fourth-order valence-corrected chi connectivity index (χ4v) is 2.09. The van der Waals surface area contributed by atoms with Crippen molar-refractivity contribution in [1.82, 2.24) is 0 Å². The highest BCUT2D eigenvalue weighted by atomic mass is 16.6. The minimum absolute atomic E-state index is 0.0749. The summed E-state index contributed by atoms with van der Waals surface area (Å²) in [7, 11) is 0. The lowest BCUT2D eigenvalue weighted by Gasteiger charge is -2.17. The van der Waals surface area contributed by atoms with E-state index in [0.717, 1.165) is 45.1 Å². The highest BCUT2D eigenvalue weighted by Gasteiger charge is 2.11. The number of unbranched alkanes of at least 4 members (excludes halogenated alkanes) is 5. The monoisotopic (exact) mass is 286 g/mol. The predicted molar refractivity (Wildman–Crippen MR) is 83.9 cm³/mol. The molecule has 0 aromatic rings. The topological polar surface area (TPSA) is 35.5 Å². The van der Waals surface area contributed by atoms with Crippen molar-refractivity contribution >= 4 is 5.97 Å².